The van der Waals surface area contributed by atoms with Crippen molar-refractivity contribution in [2.24, 2.45) is 5.41 Å². The number of rotatable bonds is 6. The predicted molar refractivity (Wildman–Crippen MR) is 96.1 cm³/mol. The van der Waals surface area contributed by atoms with Crippen molar-refractivity contribution in [1.29, 1.82) is 0 Å². The Bertz CT molecular complexity index is 617. The molecule has 0 saturated carbocycles. The minimum Gasteiger partial charge on any atom is -0.335 e. The minimum atomic E-state index is -0.416. The number of nitrogens with zero attached hydrogens (tertiary/aromatic N) is 1. The molecule has 0 bridgehead atoms. The van der Waals surface area contributed by atoms with Gasteiger partial charge in [-0.1, -0.05) is 74.5 Å². The molecule has 2 nitrogen and oxygen atoms in total. The molecule has 2 aromatic rings. The first-order valence-electron chi connectivity index (χ1n) is 8.29. The van der Waals surface area contributed by atoms with E-state index in [0.717, 1.165) is 6.42 Å². The van der Waals surface area contributed by atoms with Crippen LogP contribution in [0.1, 0.15) is 38.8 Å². The van der Waals surface area contributed by atoms with Crippen molar-refractivity contribution >= 4 is 5.91 Å². The van der Waals surface area contributed by atoms with Gasteiger partial charge in [-0.05, 0) is 31.4 Å². The van der Waals surface area contributed by atoms with Gasteiger partial charge in [-0.2, -0.15) is 0 Å². The molecule has 0 saturated heterocycles. The molecule has 0 fully saturated rings. The second-order valence-corrected chi connectivity index (χ2v) is 7.06. The summed E-state index contributed by atoms with van der Waals surface area (Å²) in [5, 5.41) is 0. The lowest BCUT2D eigenvalue weighted by Gasteiger charge is -2.35. The fourth-order valence-corrected chi connectivity index (χ4v) is 2.84. The van der Waals surface area contributed by atoms with Crippen LogP contribution in [0.5, 0.6) is 0 Å². The first kappa shape index (κ1) is 17.3. The smallest absolute Gasteiger partial charge is 0.229 e. The standard InChI is InChI=1S/C21H27NO/c1-17(2)22(16-19-13-9-6-10-14-19)20(23)21(3,4)15-18-11-7-5-8-12-18/h5-14,17H,15-16H2,1-4H3. The van der Waals surface area contributed by atoms with Crippen LogP contribution in [0.2, 0.25) is 0 Å². The predicted octanol–water partition coefficient (Wildman–Crippen LogP) is 4.69. The molecular formula is C21H27NO. The SMILES string of the molecule is CC(C)N(Cc1ccccc1)C(=O)C(C)(C)Cc1ccccc1. The summed E-state index contributed by atoms with van der Waals surface area (Å²) < 4.78 is 0. The summed E-state index contributed by atoms with van der Waals surface area (Å²) in [5.41, 5.74) is 1.96. The largest absolute Gasteiger partial charge is 0.335 e. The number of amides is 1. The highest BCUT2D eigenvalue weighted by Gasteiger charge is 2.33. The van der Waals surface area contributed by atoms with Crippen molar-refractivity contribution in [3.8, 4) is 0 Å². The molecule has 2 aromatic carbocycles. The quantitative estimate of drug-likeness (QED) is 0.758. The highest BCUT2D eigenvalue weighted by Crippen LogP contribution is 2.26. The third-order valence-electron chi connectivity index (χ3n) is 4.15. The highest BCUT2D eigenvalue weighted by molar-refractivity contribution is 5.82. The second kappa shape index (κ2) is 7.45. The van der Waals surface area contributed by atoms with Gasteiger partial charge in [0, 0.05) is 18.0 Å². The van der Waals surface area contributed by atoms with E-state index in [1.54, 1.807) is 0 Å². The van der Waals surface area contributed by atoms with E-state index in [9.17, 15) is 4.79 Å². The molecule has 0 unspecified atom stereocenters. The third-order valence-corrected chi connectivity index (χ3v) is 4.15. The van der Waals surface area contributed by atoms with E-state index in [0.29, 0.717) is 6.54 Å². The van der Waals surface area contributed by atoms with Gasteiger partial charge in [-0.3, -0.25) is 4.79 Å². The Kier molecular flexibility index (Phi) is 5.59. The first-order valence-corrected chi connectivity index (χ1v) is 8.29. The fraction of sp³-hybridized carbons (Fsp3) is 0.381. The van der Waals surface area contributed by atoms with Gasteiger partial charge in [0.1, 0.15) is 0 Å². The van der Waals surface area contributed by atoms with Gasteiger partial charge in [0.2, 0.25) is 5.91 Å². The molecule has 0 spiro atoms. The lowest BCUT2D eigenvalue weighted by atomic mass is 9.84. The van der Waals surface area contributed by atoms with E-state index in [4.69, 9.17) is 0 Å². The lowest BCUT2D eigenvalue weighted by Crippen LogP contribution is -2.45. The van der Waals surface area contributed by atoms with Crippen LogP contribution in [0, 0.1) is 5.41 Å². The summed E-state index contributed by atoms with van der Waals surface area (Å²) >= 11 is 0. The van der Waals surface area contributed by atoms with Crippen LogP contribution in [0.25, 0.3) is 0 Å². The van der Waals surface area contributed by atoms with E-state index in [1.165, 1.54) is 11.1 Å². The van der Waals surface area contributed by atoms with Gasteiger partial charge in [0.15, 0.2) is 0 Å². The molecule has 2 rings (SSSR count). The van der Waals surface area contributed by atoms with Crippen LogP contribution in [0.3, 0.4) is 0 Å². The average Bonchev–Trinajstić information content (AvgIpc) is 2.53. The Hall–Kier alpha value is -2.09. The summed E-state index contributed by atoms with van der Waals surface area (Å²) in [4.78, 5) is 15.1. The number of hydrogen-bond donors (Lipinski definition) is 0. The zero-order valence-corrected chi connectivity index (χ0v) is 14.6. The Morgan fingerprint density at radius 2 is 1.39 bits per heavy atom. The monoisotopic (exact) mass is 309 g/mol. The molecule has 0 aromatic heterocycles. The summed E-state index contributed by atoms with van der Waals surface area (Å²) in [7, 11) is 0. The molecule has 0 aliphatic carbocycles. The van der Waals surface area contributed by atoms with Gasteiger partial charge in [-0.25, -0.2) is 0 Å². The van der Waals surface area contributed by atoms with Gasteiger partial charge in [-0.15, -0.1) is 0 Å². The van der Waals surface area contributed by atoms with Crippen LogP contribution in [0.4, 0.5) is 0 Å². The summed E-state index contributed by atoms with van der Waals surface area (Å²) in [6.45, 7) is 8.92. The molecule has 2 heteroatoms. The molecule has 0 radical (unpaired) electrons. The Morgan fingerprint density at radius 1 is 0.913 bits per heavy atom. The summed E-state index contributed by atoms with van der Waals surface area (Å²) in [6.07, 6.45) is 0.755. The summed E-state index contributed by atoms with van der Waals surface area (Å²) in [5.74, 6) is 0.209. The van der Waals surface area contributed by atoms with Crippen LogP contribution in [-0.2, 0) is 17.8 Å². The number of hydrogen-bond acceptors (Lipinski definition) is 1. The number of carbonyl (C=O) groups excluding carboxylic acids is 1. The van der Waals surface area contributed by atoms with Crippen LogP contribution >= 0.6 is 0 Å². The maximum Gasteiger partial charge on any atom is 0.229 e. The highest BCUT2D eigenvalue weighted by atomic mass is 16.2. The summed E-state index contributed by atoms with van der Waals surface area (Å²) in [6, 6.07) is 20.6. The topological polar surface area (TPSA) is 20.3 Å². The first-order chi connectivity index (χ1) is 10.9. The molecule has 122 valence electrons. The molecule has 0 heterocycles. The molecule has 0 aliphatic heterocycles. The fourth-order valence-electron chi connectivity index (χ4n) is 2.84. The van der Waals surface area contributed by atoms with Gasteiger partial charge in [0.05, 0.1) is 0 Å². The van der Waals surface area contributed by atoms with Crippen LogP contribution in [-0.4, -0.2) is 16.8 Å². The molecule has 0 atom stereocenters. The van der Waals surface area contributed by atoms with Crippen molar-refractivity contribution in [3.05, 3.63) is 71.8 Å². The van der Waals surface area contributed by atoms with E-state index in [1.807, 2.05) is 55.1 Å². The van der Waals surface area contributed by atoms with Crippen molar-refractivity contribution in [3.63, 3.8) is 0 Å². The molecular weight excluding hydrogens is 282 g/mol. The zero-order valence-electron chi connectivity index (χ0n) is 14.6. The van der Waals surface area contributed by atoms with Crippen molar-refractivity contribution in [1.82, 2.24) is 4.90 Å². The number of benzene rings is 2. The lowest BCUT2D eigenvalue weighted by molar-refractivity contribution is -0.142. The zero-order chi connectivity index (χ0) is 16.9. The Balaban J connectivity index is 2.16. The van der Waals surface area contributed by atoms with Crippen LogP contribution in [0.15, 0.2) is 60.7 Å². The van der Waals surface area contributed by atoms with Crippen molar-refractivity contribution in [2.45, 2.75) is 46.7 Å². The maximum atomic E-state index is 13.1. The van der Waals surface area contributed by atoms with Crippen molar-refractivity contribution < 1.29 is 4.79 Å². The number of carbonyl (C=O) groups is 1. The normalized spacial score (nSPS) is 11.5. The van der Waals surface area contributed by atoms with E-state index < -0.39 is 5.41 Å². The molecule has 0 aliphatic rings. The van der Waals surface area contributed by atoms with Crippen molar-refractivity contribution in [2.75, 3.05) is 0 Å². The van der Waals surface area contributed by atoms with Gasteiger partial charge >= 0.3 is 0 Å². The average molecular weight is 309 g/mol. The van der Waals surface area contributed by atoms with E-state index in [2.05, 4.69) is 38.1 Å². The molecule has 23 heavy (non-hydrogen) atoms. The minimum absolute atomic E-state index is 0.178. The maximum absolute atomic E-state index is 13.1. The Labute approximate surface area is 140 Å². The molecule has 1 amide bonds. The van der Waals surface area contributed by atoms with E-state index in [-0.39, 0.29) is 11.9 Å². The molecule has 0 N–H and O–H groups in total. The van der Waals surface area contributed by atoms with Crippen LogP contribution < -0.4 is 0 Å². The second-order valence-electron chi connectivity index (χ2n) is 7.06. The van der Waals surface area contributed by atoms with Gasteiger partial charge in [0.25, 0.3) is 0 Å². The Morgan fingerprint density at radius 3 is 1.87 bits per heavy atom. The third kappa shape index (κ3) is 4.69. The van der Waals surface area contributed by atoms with E-state index >= 15 is 0 Å². The van der Waals surface area contributed by atoms with Gasteiger partial charge < -0.3 is 4.90 Å².